The maximum atomic E-state index is 13.8. The van der Waals surface area contributed by atoms with Gasteiger partial charge in [-0.25, -0.2) is 17.2 Å². The lowest BCUT2D eigenvalue weighted by Crippen LogP contribution is -2.46. The van der Waals surface area contributed by atoms with Crippen molar-refractivity contribution in [1.29, 1.82) is 0 Å². The number of sulfonamides is 1. The number of nitrogens with two attached hydrogens (primary N) is 1. The number of anilines is 1. The molecule has 0 saturated carbocycles. The summed E-state index contributed by atoms with van der Waals surface area (Å²) in [4.78, 5) is -0.606. The van der Waals surface area contributed by atoms with Crippen LogP contribution in [0.5, 0.6) is 0 Å². The molecule has 0 aliphatic carbocycles. The Morgan fingerprint density at radius 1 is 1.33 bits per heavy atom. The molecular weight excluding hydrogens is 302 g/mol. The van der Waals surface area contributed by atoms with E-state index in [0.29, 0.717) is 12.5 Å². The molecule has 5 nitrogen and oxygen atoms in total. The summed E-state index contributed by atoms with van der Waals surface area (Å²) in [7, 11) is -2.56. The van der Waals surface area contributed by atoms with E-state index in [4.69, 9.17) is 10.5 Å². The van der Waals surface area contributed by atoms with E-state index in [2.05, 4.69) is 0 Å². The molecule has 0 radical (unpaired) electrons. The molecule has 2 unspecified atom stereocenters. The highest BCUT2D eigenvalue weighted by molar-refractivity contribution is 7.89. The van der Waals surface area contributed by atoms with Gasteiger partial charge in [0.1, 0.15) is 16.5 Å². The van der Waals surface area contributed by atoms with Crippen molar-refractivity contribution in [3.05, 3.63) is 23.8 Å². The number of rotatable bonds is 3. The fraction of sp³-hybridized carbons (Fsp3) is 0.538. The molecule has 0 aromatic heterocycles. The molecule has 2 atom stereocenters. The number of methoxy groups -OCH3 is 1. The Bertz CT molecular complexity index is 637. The van der Waals surface area contributed by atoms with Gasteiger partial charge in [-0.1, -0.05) is 6.92 Å². The summed E-state index contributed by atoms with van der Waals surface area (Å²) in [5.74, 6) is -1.91. The summed E-state index contributed by atoms with van der Waals surface area (Å²) in [6, 6.07) is 1.31. The Labute approximate surface area is 122 Å². The van der Waals surface area contributed by atoms with Gasteiger partial charge in [0.05, 0.1) is 11.8 Å². The molecule has 1 fully saturated rings. The lowest BCUT2D eigenvalue weighted by atomic mass is 9.97. The molecule has 1 aromatic carbocycles. The molecule has 118 valence electrons. The Balaban J connectivity index is 2.37. The maximum absolute atomic E-state index is 13.8. The van der Waals surface area contributed by atoms with Crippen LogP contribution in [0.15, 0.2) is 17.0 Å². The largest absolute Gasteiger partial charge is 0.396 e. The average Bonchev–Trinajstić information content (AvgIpc) is 2.43. The van der Waals surface area contributed by atoms with Crippen LogP contribution in [-0.4, -0.2) is 39.0 Å². The van der Waals surface area contributed by atoms with E-state index in [1.807, 2.05) is 6.92 Å². The van der Waals surface area contributed by atoms with Gasteiger partial charge in [-0.05, 0) is 18.4 Å². The average molecular weight is 320 g/mol. The standard InChI is InChI=1S/C13H18F2N2O3S/c1-8-3-4-17(7-12(8)20-2)21(18,19)13-6-11(16)9(14)5-10(13)15/h5-6,8,12H,3-4,7,16H2,1-2H3. The first-order valence-corrected chi connectivity index (χ1v) is 7.99. The maximum Gasteiger partial charge on any atom is 0.246 e. The quantitative estimate of drug-likeness (QED) is 0.859. The van der Waals surface area contributed by atoms with Crippen molar-refractivity contribution in [2.24, 2.45) is 5.92 Å². The smallest absolute Gasteiger partial charge is 0.246 e. The summed E-state index contributed by atoms with van der Waals surface area (Å²) in [5.41, 5.74) is 4.94. The lowest BCUT2D eigenvalue weighted by molar-refractivity contribution is 0.0183. The lowest BCUT2D eigenvalue weighted by Gasteiger charge is -2.35. The van der Waals surface area contributed by atoms with Crippen LogP contribution in [0.2, 0.25) is 0 Å². The van der Waals surface area contributed by atoms with E-state index in [-0.39, 0.29) is 25.1 Å². The topological polar surface area (TPSA) is 72.6 Å². The van der Waals surface area contributed by atoms with Crippen LogP contribution < -0.4 is 5.73 Å². The number of nitrogen functional groups attached to an aromatic ring is 1. The van der Waals surface area contributed by atoms with Crippen molar-refractivity contribution < 1.29 is 21.9 Å². The molecule has 1 saturated heterocycles. The minimum Gasteiger partial charge on any atom is -0.396 e. The third-order valence-corrected chi connectivity index (χ3v) is 5.70. The van der Waals surface area contributed by atoms with E-state index in [9.17, 15) is 17.2 Å². The van der Waals surface area contributed by atoms with Crippen molar-refractivity contribution in [2.75, 3.05) is 25.9 Å². The fourth-order valence-corrected chi connectivity index (χ4v) is 3.96. The zero-order valence-corrected chi connectivity index (χ0v) is 12.7. The summed E-state index contributed by atoms with van der Waals surface area (Å²) in [5, 5.41) is 0. The second-order valence-electron chi connectivity index (χ2n) is 5.21. The Morgan fingerprint density at radius 2 is 2.00 bits per heavy atom. The van der Waals surface area contributed by atoms with E-state index >= 15 is 0 Å². The number of hydrogen-bond acceptors (Lipinski definition) is 4. The van der Waals surface area contributed by atoms with Gasteiger partial charge in [0.2, 0.25) is 10.0 Å². The number of halogens is 2. The van der Waals surface area contributed by atoms with Gasteiger partial charge in [-0.2, -0.15) is 4.31 Å². The molecule has 1 heterocycles. The van der Waals surface area contributed by atoms with Gasteiger partial charge >= 0.3 is 0 Å². The molecule has 2 N–H and O–H groups in total. The third kappa shape index (κ3) is 3.02. The highest BCUT2D eigenvalue weighted by Crippen LogP contribution is 2.28. The first-order valence-electron chi connectivity index (χ1n) is 6.54. The number of piperidine rings is 1. The fourth-order valence-electron chi connectivity index (χ4n) is 2.41. The van der Waals surface area contributed by atoms with E-state index in [1.165, 1.54) is 7.11 Å². The first-order chi connectivity index (χ1) is 9.77. The molecule has 1 aliphatic heterocycles. The molecule has 1 aromatic rings. The zero-order chi connectivity index (χ0) is 15.8. The normalized spacial score (nSPS) is 24.2. The van der Waals surface area contributed by atoms with Gasteiger partial charge in [-0.3, -0.25) is 0 Å². The minimum absolute atomic E-state index is 0.136. The predicted molar refractivity (Wildman–Crippen MR) is 74.1 cm³/mol. The minimum atomic E-state index is -4.07. The van der Waals surface area contributed by atoms with E-state index in [1.54, 1.807) is 0 Å². The van der Waals surface area contributed by atoms with Crippen LogP contribution in [0.3, 0.4) is 0 Å². The highest BCUT2D eigenvalue weighted by atomic mass is 32.2. The second-order valence-corrected chi connectivity index (χ2v) is 7.11. The van der Waals surface area contributed by atoms with Crippen molar-refractivity contribution in [1.82, 2.24) is 4.31 Å². The van der Waals surface area contributed by atoms with Crippen molar-refractivity contribution in [2.45, 2.75) is 24.3 Å². The van der Waals surface area contributed by atoms with Gasteiger partial charge in [-0.15, -0.1) is 0 Å². The summed E-state index contributed by atoms with van der Waals surface area (Å²) in [6.45, 7) is 2.37. The second kappa shape index (κ2) is 5.86. The molecule has 0 spiro atoms. The van der Waals surface area contributed by atoms with Gasteiger partial charge in [0, 0.05) is 26.3 Å². The van der Waals surface area contributed by atoms with E-state index < -0.39 is 32.2 Å². The molecule has 1 aliphatic rings. The van der Waals surface area contributed by atoms with Crippen LogP contribution in [0, 0.1) is 17.6 Å². The predicted octanol–water partition coefficient (Wildman–Crippen LogP) is 1.59. The summed E-state index contributed by atoms with van der Waals surface area (Å²) in [6.07, 6.45) is 0.352. The molecule has 21 heavy (non-hydrogen) atoms. The zero-order valence-electron chi connectivity index (χ0n) is 11.8. The Kier molecular flexibility index (Phi) is 4.50. The van der Waals surface area contributed by atoms with Gasteiger partial charge in [0.25, 0.3) is 0 Å². The van der Waals surface area contributed by atoms with Gasteiger partial charge < -0.3 is 10.5 Å². The Morgan fingerprint density at radius 3 is 2.62 bits per heavy atom. The van der Waals surface area contributed by atoms with Crippen molar-refractivity contribution >= 4 is 15.7 Å². The van der Waals surface area contributed by atoms with Crippen LogP contribution in [0.4, 0.5) is 14.5 Å². The SMILES string of the molecule is COC1CN(S(=O)(=O)c2cc(N)c(F)cc2F)CCC1C. The van der Waals surface area contributed by atoms with Crippen LogP contribution >= 0.6 is 0 Å². The van der Waals surface area contributed by atoms with Gasteiger partial charge in [0.15, 0.2) is 0 Å². The van der Waals surface area contributed by atoms with E-state index in [0.717, 1.165) is 10.4 Å². The highest BCUT2D eigenvalue weighted by Gasteiger charge is 2.35. The molecular formula is C13H18F2N2O3S. The summed E-state index contributed by atoms with van der Waals surface area (Å²) < 4.78 is 58.4. The Hall–Kier alpha value is -1.25. The molecule has 2 rings (SSSR count). The number of hydrogen-bond donors (Lipinski definition) is 1. The number of nitrogens with zero attached hydrogens (tertiary/aromatic N) is 1. The van der Waals surface area contributed by atoms with Crippen molar-refractivity contribution in [3.63, 3.8) is 0 Å². The molecule has 0 amide bonds. The molecule has 0 bridgehead atoms. The third-order valence-electron chi connectivity index (χ3n) is 3.82. The van der Waals surface area contributed by atoms with Crippen LogP contribution in [0.1, 0.15) is 13.3 Å². The first kappa shape index (κ1) is 16.1. The van der Waals surface area contributed by atoms with Crippen molar-refractivity contribution in [3.8, 4) is 0 Å². The number of benzene rings is 1. The van der Waals surface area contributed by atoms with Crippen LogP contribution in [0.25, 0.3) is 0 Å². The summed E-state index contributed by atoms with van der Waals surface area (Å²) >= 11 is 0. The van der Waals surface area contributed by atoms with Crippen LogP contribution in [-0.2, 0) is 14.8 Å². The number of ether oxygens (including phenoxy) is 1. The monoisotopic (exact) mass is 320 g/mol. The molecule has 8 heteroatoms.